The SMILES string of the molecule is [O]N1C(=O)CC(=O)C1=O. The third kappa shape index (κ3) is 0.706. The van der Waals surface area contributed by atoms with Gasteiger partial charge in [-0.2, -0.15) is 0 Å². The van der Waals surface area contributed by atoms with Gasteiger partial charge < -0.3 is 0 Å². The van der Waals surface area contributed by atoms with Crippen molar-refractivity contribution in [2.75, 3.05) is 0 Å². The van der Waals surface area contributed by atoms with Crippen LogP contribution in [0.15, 0.2) is 0 Å². The van der Waals surface area contributed by atoms with Gasteiger partial charge in [0.1, 0.15) is 0 Å². The number of imide groups is 1. The molecule has 47 valence electrons. The van der Waals surface area contributed by atoms with Crippen molar-refractivity contribution in [3.8, 4) is 0 Å². The van der Waals surface area contributed by atoms with Gasteiger partial charge in [0.15, 0.2) is 0 Å². The van der Waals surface area contributed by atoms with E-state index in [4.69, 9.17) is 0 Å². The van der Waals surface area contributed by atoms with Crippen LogP contribution in [0.2, 0.25) is 0 Å². The second-order valence-corrected chi connectivity index (χ2v) is 1.59. The third-order valence-electron chi connectivity index (χ3n) is 0.961. The number of hydrogen-bond acceptors (Lipinski definition) is 3. The fourth-order valence-electron chi connectivity index (χ4n) is 0.511. The fourth-order valence-corrected chi connectivity index (χ4v) is 0.511. The maximum absolute atomic E-state index is 10.2. The molecular weight excluding hydrogens is 126 g/mol. The van der Waals surface area contributed by atoms with E-state index in [0.717, 1.165) is 0 Å². The average molecular weight is 128 g/mol. The lowest BCUT2D eigenvalue weighted by atomic mass is 10.3. The van der Waals surface area contributed by atoms with Gasteiger partial charge in [0.25, 0.3) is 5.91 Å². The topological polar surface area (TPSA) is 74.3 Å². The molecule has 5 heteroatoms. The number of amides is 2. The van der Waals surface area contributed by atoms with Crippen LogP contribution in [-0.2, 0) is 19.6 Å². The monoisotopic (exact) mass is 128 g/mol. The largest absolute Gasteiger partial charge is 0.323 e. The molecular formula is C4H2NO4. The number of carbonyl (C=O) groups excluding carboxylic acids is 3. The number of nitrogens with zero attached hydrogens (tertiary/aromatic N) is 1. The van der Waals surface area contributed by atoms with E-state index in [0.29, 0.717) is 0 Å². The summed E-state index contributed by atoms with van der Waals surface area (Å²) in [4.78, 5) is 30.5. The molecule has 5 nitrogen and oxygen atoms in total. The molecule has 1 rings (SSSR count). The standard InChI is InChI=1S/C4H2NO4/c6-2-1-3(7)5(9)4(2)8/h1H2. The van der Waals surface area contributed by atoms with Crippen LogP contribution in [-0.4, -0.2) is 22.7 Å². The third-order valence-corrected chi connectivity index (χ3v) is 0.961. The summed E-state index contributed by atoms with van der Waals surface area (Å²) in [5, 5.41) is 9.70. The summed E-state index contributed by atoms with van der Waals surface area (Å²) in [5.74, 6) is -3.14. The summed E-state index contributed by atoms with van der Waals surface area (Å²) in [5.41, 5.74) is 0. The highest BCUT2D eigenvalue weighted by atomic mass is 16.5. The quantitative estimate of drug-likeness (QED) is 0.230. The maximum Gasteiger partial charge on any atom is 0.323 e. The van der Waals surface area contributed by atoms with Crippen LogP contribution >= 0.6 is 0 Å². The molecule has 0 aromatic carbocycles. The predicted octanol–water partition coefficient (Wildman–Crippen LogP) is -1.34. The molecule has 0 atom stereocenters. The minimum atomic E-state index is -1.25. The Morgan fingerprint density at radius 3 is 1.89 bits per heavy atom. The molecule has 0 bridgehead atoms. The van der Waals surface area contributed by atoms with Crippen LogP contribution in [0, 0.1) is 0 Å². The smallest absolute Gasteiger partial charge is 0.288 e. The molecule has 0 N–H and O–H groups in total. The molecule has 0 spiro atoms. The summed E-state index contributed by atoms with van der Waals surface area (Å²) in [6.07, 6.45) is -0.567. The minimum absolute atomic E-state index is 0.414. The van der Waals surface area contributed by atoms with Gasteiger partial charge >= 0.3 is 5.91 Å². The zero-order valence-corrected chi connectivity index (χ0v) is 4.29. The second-order valence-electron chi connectivity index (χ2n) is 1.59. The Bertz CT molecular complexity index is 197. The van der Waals surface area contributed by atoms with E-state index in [1.54, 1.807) is 0 Å². The second kappa shape index (κ2) is 1.63. The van der Waals surface area contributed by atoms with Crippen molar-refractivity contribution < 1.29 is 19.6 Å². The van der Waals surface area contributed by atoms with Gasteiger partial charge in [0, 0.05) is 0 Å². The van der Waals surface area contributed by atoms with E-state index < -0.39 is 29.1 Å². The predicted molar refractivity (Wildman–Crippen MR) is 22.2 cm³/mol. The van der Waals surface area contributed by atoms with Crippen molar-refractivity contribution in [2.45, 2.75) is 6.42 Å². The molecule has 1 saturated heterocycles. The Kier molecular flexibility index (Phi) is 1.07. The molecule has 9 heavy (non-hydrogen) atoms. The molecule has 0 aromatic rings. The van der Waals surface area contributed by atoms with Crippen molar-refractivity contribution >= 4 is 17.6 Å². The van der Waals surface area contributed by atoms with Crippen LogP contribution in [0.5, 0.6) is 0 Å². The Morgan fingerprint density at radius 1 is 1.22 bits per heavy atom. The summed E-state index contributed by atoms with van der Waals surface area (Å²) < 4.78 is 0. The molecule has 0 aromatic heterocycles. The van der Waals surface area contributed by atoms with Crippen molar-refractivity contribution in [1.29, 1.82) is 0 Å². The van der Waals surface area contributed by atoms with Crippen LogP contribution in [0.4, 0.5) is 0 Å². The summed E-state index contributed by atoms with van der Waals surface area (Å²) >= 11 is 0. The number of ketones is 1. The van der Waals surface area contributed by atoms with Gasteiger partial charge in [-0.05, 0) is 0 Å². The van der Waals surface area contributed by atoms with Crippen molar-refractivity contribution in [2.24, 2.45) is 0 Å². The van der Waals surface area contributed by atoms with E-state index in [1.165, 1.54) is 0 Å². The minimum Gasteiger partial charge on any atom is -0.288 e. The highest BCUT2D eigenvalue weighted by Crippen LogP contribution is 2.04. The maximum atomic E-state index is 10.2. The Hall–Kier alpha value is -1.23. The van der Waals surface area contributed by atoms with Crippen LogP contribution < -0.4 is 0 Å². The normalized spacial score (nSPS) is 19.7. The summed E-state index contributed by atoms with van der Waals surface area (Å²) in [6.45, 7) is 0. The molecule has 1 aliphatic heterocycles. The molecule has 0 unspecified atom stereocenters. The zero-order valence-electron chi connectivity index (χ0n) is 4.29. The highest BCUT2D eigenvalue weighted by molar-refractivity contribution is 6.45. The van der Waals surface area contributed by atoms with Gasteiger partial charge in [0.2, 0.25) is 5.78 Å². The Labute approximate surface area is 49.8 Å². The molecule has 2 amide bonds. The first kappa shape index (κ1) is 5.90. The molecule has 1 aliphatic rings. The number of Topliss-reactive ketones (excluding diaryl/α,β-unsaturated/α-hetero) is 1. The molecule has 1 fully saturated rings. The fraction of sp³-hybridized carbons (Fsp3) is 0.250. The van der Waals surface area contributed by atoms with Crippen molar-refractivity contribution in [1.82, 2.24) is 5.06 Å². The summed E-state index contributed by atoms with van der Waals surface area (Å²) in [6, 6.07) is 0. The number of hydroxylamine groups is 2. The Morgan fingerprint density at radius 2 is 1.78 bits per heavy atom. The van der Waals surface area contributed by atoms with E-state index in [-0.39, 0.29) is 0 Å². The zero-order chi connectivity index (χ0) is 7.02. The number of hydrogen-bond donors (Lipinski definition) is 0. The first-order valence-electron chi connectivity index (χ1n) is 2.20. The van der Waals surface area contributed by atoms with E-state index >= 15 is 0 Å². The number of carbonyl (C=O) groups is 3. The first-order chi connectivity index (χ1) is 4.13. The lowest BCUT2D eigenvalue weighted by Crippen LogP contribution is -2.24. The summed E-state index contributed by atoms with van der Waals surface area (Å²) in [7, 11) is 0. The van der Waals surface area contributed by atoms with Gasteiger partial charge in [-0.3, -0.25) is 14.4 Å². The molecule has 0 aliphatic carbocycles. The van der Waals surface area contributed by atoms with E-state index in [1.807, 2.05) is 0 Å². The van der Waals surface area contributed by atoms with Crippen molar-refractivity contribution in [3.05, 3.63) is 0 Å². The molecule has 0 saturated carbocycles. The van der Waals surface area contributed by atoms with Crippen molar-refractivity contribution in [3.63, 3.8) is 0 Å². The van der Waals surface area contributed by atoms with Gasteiger partial charge in [0.05, 0.1) is 6.42 Å². The van der Waals surface area contributed by atoms with Gasteiger partial charge in [-0.1, -0.05) is 5.21 Å². The Balaban J connectivity index is 2.90. The van der Waals surface area contributed by atoms with E-state index in [9.17, 15) is 19.6 Å². The van der Waals surface area contributed by atoms with Gasteiger partial charge in [-0.15, -0.1) is 5.06 Å². The van der Waals surface area contributed by atoms with Crippen LogP contribution in [0.3, 0.4) is 0 Å². The highest BCUT2D eigenvalue weighted by Gasteiger charge is 2.37. The van der Waals surface area contributed by atoms with Crippen LogP contribution in [0.25, 0.3) is 0 Å². The lowest BCUT2D eigenvalue weighted by Gasteiger charge is -1.92. The first-order valence-corrected chi connectivity index (χ1v) is 2.20. The molecule has 1 radical (unpaired) electrons. The number of rotatable bonds is 0. The average Bonchev–Trinajstić information content (AvgIpc) is 1.98. The van der Waals surface area contributed by atoms with Gasteiger partial charge in [-0.25, -0.2) is 0 Å². The lowest BCUT2D eigenvalue weighted by molar-refractivity contribution is -0.188. The van der Waals surface area contributed by atoms with Crippen LogP contribution in [0.1, 0.15) is 6.42 Å². The van der Waals surface area contributed by atoms with E-state index in [2.05, 4.69) is 0 Å². The molecule has 1 heterocycles.